The number of hydrogen-bond acceptors (Lipinski definition) is 1. The Morgan fingerprint density at radius 1 is 0.938 bits per heavy atom. The van der Waals surface area contributed by atoms with Crippen LogP contribution in [0.4, 0.5) is 0 Å². The molecule has 0 fully saturated rings. The Morgan fingerprint density at radius 3 is 1.44 bits per heavy atom. The van der Waals surface area contributed by atoms with E-state index < -0.39 is 0 Å². The molecule has 0 heterocycles. The molecule has 16 heavy (non-hydrogen) atoms. The van der Waals surface area contributed by atoms with Crippen molar-refractivity contribution in [2.24, 2.45) is 11.8 Å². The van der Waals surface area contributed by atoms with Gasteiger partial charge >= 0.3 is 78.3 Å². The summed E-state index contributed by atoms with van der Waals surface area (Å²) < 4.78 is 0. The third-order valence-corrected chi connectivity index (χ3v) is 4.95. The van der Waals surface area contributed by atoms with Crippen molar-refractivity contribution in [3.8, 4) is 0 Å². The minimum atomic E-state index is 0.134. The van der Waals surface area contributed by atoms with Crippen LogP contribution in [0.3, 0.4) is 0 Å². The molecule has 1 atom stereocenters. The van der Waals surface area contributed by atoms with Crippen LogP contribution in [0.25, 0.3) is 5.73 Å². The zero-order chi connectivity index (χ0) is 13.0. The van der Waals surface area contributed by atoms with Gasteiger partial charge in [-0.2, -0.15) is 11.8 Å². The van der Waals surface area contributed by atoms with Crippen LogP contribution in [0.5, 0.6) is 0 Å². The molecule has 0 spiro atoms. The summed E-state index contributed by atoms with van der Waals surface area (Å²) in [7, 11) is 0. The summed E-state index contributed by atoms with van der Waals surface area (Å²) in [5.41, 5.74) is 6.55. The predicted molar refractivity (Wildman–Crippen MR) is 80.3 cm³/mol. The molecule has 0 saturated carbocycles. The van der Waals surface area contributed by atoms with E-state index in [1.165, 1.54) is 12.8 Å². The van der Waals surface area contributed by atoms with Crippen LogP contribution < -0.4 is 0 Å². The molecular weight excluding hydrogens is 275 g/mol. The minimum absolute atomic E-state index is 0.134. The Bertz CT molecular complexity index is 117. The van der Waals surface area contributed by atoms with E-state index in [9.17, 15) is 0 Å². The third-order valence-electron chi connectivity index (χ3n) is 2.08. The van der Waals surface area contributed by atoms with Crippen LogP contribution in [-0.4, -0.2) is 27.2 Å². The van der Waals surface area contributed by atoms with Crippen molar-refractivity contribution in [3.63, 3.8) is 0 Å². The molecule has 1 N–H and O–H groups in total. The third kappa shape index (κ3) is 24.2. The molecule has 0 amide bonds. The number of hydrogen-bond donors (Lipinski definition) is 0. The van der Waals surface area contributed by atoms with E-state index in [-0.39, 0.29) is 5.25 Å². The standard InChI is InChI=1S/C10H22Ge.C3H8NS/c1-9(2)5-7-11-8-6-10(3)4;1-3(5)2-4/h9-10H,5-8H2,1-4H3;3-5H,2H2,1H3/q;-1/p-1. The maximum Gasteiger partial charge on any atom is -0.0862 e. The second kappa shape index (κ2) is 13.9. The Kier molecular flexibility index (Phi) is 16.7. The fraction of sp³-hybridized carbons (Fsp3) is 1.00. The summed E-state index contributed by atoms with van der Waals surface area (Å²) in [5.74, 6) is 1.86. The van der Waals surface area contributed by atoms with Crippen molar-refractivity contribution < 1.29 is 0 Å². The van der Waals surface area contributed by atoms with E-state index in [4.69, 9.17) is 5.73 Å². The van der Waals surface area contributed by atoms with Crippen LogP contribution in [0.15, 0.2) is 0 Å². The summed E-state index contributed by atoms with van der Waals surface area (Å²) in [6.07, 6.45) is 2.94. The van der Waals surface area contributed by atoms with Crippen LogP contribution >= 0.6 is 0 Å². The average molecular weight is 304 g/mol. The smallest absolute Gasteiger partial charge is 0.0862 e. The normalized spacial score (nSPS) is 12.6. The molecule has 3 heteroatoms. The second-order valence-electron chi connectivity index (χ2n) is 5.13. The summed E-state index contributed by atoms with van der Waals surface area (Å²) in [5, 5.41) is 3.25. The maximum absolute atomic E-state index is 6.55. The van der Waals surface area contributed by atoms with Gasteiger partial charge in [0.2, 0.25) is 0 Å². The first-order valence-electron chi connectivity index (χ1n) is 6.41. The zero-order valence-corrected chi connectivity index (χ0v) is 14.6. The van der Waals surface area contributed by atoms with Gasteiger partial charge in [0, 0.05) is 0 Å². The average Bonchev–Trinajstić information content (AvgIpc) is 2.17. The van der Waals surface area contributed by atoms with Crippen molar-refractivity contribution >= 4 is 28.1 Å². The Labute approximate surface area is 115 Å². The molecule has 0 aromatic heterocycles. The molecule has 2 radical (unpaired) electrons. The Hall–Kier alpha value is 0.853. The van der Waals surface area contributed by atoms with E-state index in [1.807, 2.05) is 6.92 Å². The largest absolute Gasteiger partial charge is 0.791 e. The Balaban J connectivity index is 0. The Morgan fingerprint density at radius 2 is 1.25 bits per heavy atom. The van der Waals surface area contributed by atoms with Gasteiger partial charge < -0.3 is 18.4 Å². The van der Waals surface area contributed by atoms with E-state index in [0.717, 1.165) is 11.8 Å². The minimum Gasteiger partial charge on any atom is -0.791 e. The van der Waals surface area contributed by atoms with Gasteiger partial charge in [0.05, 0.1) is 0 Å². The summed E-state index contributed by atoms with van der Waals surface area (Å²) in [6.45, 7) is 11.5. The number of rotatable bonds is 7. The molecule has 0 aromatic rings. The van der Waals surface area contributed by atoms with Gasteiger partial charge in [-0.1, -0.05) is 6.92 Å². The molecule has 98 valence electrons. The predicted octanol–water partition coefficient (Wildman–Crippen LogP) is 4.59. The molecule has 0 aromatic carbocycles. The summed E-state index contributed by atoms with van der Waals surface area (Å²) in [6, 6.07) is 0. The topological polar surface area (TPSA) is 23.8 Å². The fourth-order valence-corrected chi connectivity index (χ4v) is 4.71. The van der Waals surface area contributed by atoms with Gasteiger partial charge in [-0.15, -0.1) is 0 Å². The van der Waals surface area contributed by atoms with Crippen molar-refractivity contribution in [2.75, 3.05) is 6.54 Å². The van der Waals surface area contributed by atoms with Crippen molar-refractivity contribution in [2.45, 2.75) is 63.2 Å². The van der Waals surface area contributed by atoms with Crippen LogP contribution in [0.2, 0.25) is 10.5 Å². The number of nitrogens with one attached hydrogen (secondary N) is 1. The second-order valence-corrected chi connectivity index (χ2v) is 9.08. The van der Waals surface area contributed by atoms with Crippen LogP contribution in [-0.2, 0) is 12.6 Å². The van der Waals surface area contributed by atoms with Gasteiger partial charge in [-0.25, -0.2) is 0 Å². The molecule has 0 aliphatic carbocycles. The molecule has 0 saturated heterocycles. The zero-order valence-electron chi connectivity index (χ0n) is 11.7. The van der Waals surface area contributed by atoms with Gasteiger partial charge in [-0.05, 0) is 0 Å². The van der Waals surface area contributed by atoms with Crippen LogP contribution in [0.1, 0.15) is 47.5 Å². The molecule has 0 aliphatic heterocycles. The van der Waals surface area contributed by atoms with E-state index >= 15 is 0 Å². The first kappa shape index (κ1) is 19.2. The molecule has 0 rings (SSSR count). The van der Waals surface area contributed by atoms with E-state index in [1.54, 1.807) is 10.5 Å². The van der Waals surface area contributed by atoms with E-state index in [0.29, 0.717) is 22.0 Å². The quantitative estimate of drug-likeness (QED) is 0.383. The first-order chi connectivity index (χ1) is 7.40. The van der Waals surface area contributed by atoms with Crippen LogP contribution in [0, 0.1) is 11.8 Å². The fourth-order valence-electron chi connectivity index (χ4n) is 0.906. The maximum atomic E-state index is 6.55. The molecule has 1 nitrogen and oxygen atoms in total. The van der Waals surface area contributed by atoms with Crippen molar-refractivity contribution in [3.05, 3.63) is 5.73 Å². The molecule has 1 unspecified atom stereocenters. The summed E-state index contributed by atoms with van der Waals surface area (Å²) >= 11 is 5.03. The SMILES string of the molecule is CC(C)C[CH2][Ge][CH2]CC(C)C.CC([S-])C[NH-]. The van der Waals surface area contributed by atoms with Crippen molar-refractivity contribution in [1.29, 1.82) is 0 Å². The molecular formula is C13H29GeNS-2. The summed E-state index contributed by atoms with van der Waals surface area (Å²) in [4.78, 5) is 0. The van der Waals surface area contributed by atoms with Gasteiger partial charge in [0.25, 0.3) is 0 Å². The molecule has 0 bridgehead atoms. The molecule has 0 aliphatic rings. The first-order valence-corrected chi connectivity index (χ1v) is 9.85. The van der Waals surface area contributed by atoms with Gasteiger partial charge in [0.15, 0.2) is 0 Å². The van der Waals surface area contributed by atoms with Gasteiger partial charge in [-0.3, -0.25) is 0 Å². The van der Waals surface area contributed by atoms with Crippen molar-refractivity contribution in [1.82, 2.24) is 0 Å². The van der Waals surface area contributed by atoms with E-state index in [2.05, 4.69) is 40.3 Å². The monoisotopic (exact) mass is 305 g/mol. The van der Waals surface area contributed by atoms with Gasteiger partial charge in [0.1, 0.15) is 0 Å².